The molecule has 0 spiro atoms. The molecule has 0 bridgehead atoms. The van der Waals surface area contributed by atoms with Crippen LogP contribution in [0, 0.1) is 11.3 Å². The second kappa shape index (κ2) is 3.86. The zero-order valence-corrected chi connectivity index (χ0v) is 8.18. The lowest BCUT2D eigenvalue weighted by Gasteiger charge is -2.08. The summed E-state index contributed by atoms with van der Waals surface area (Å²) in [4.78, 5) is 0. The molecule has 8 heteroatoms. The van der Waals surface area contributed by atoms with E-state index in [0.29, 0.717) is 0 Å². The van der Waals surface area contributed by atoms with E-state index in [0.717, 1.165) is 16.8 Å². The van der Waals surface area contributed by atoms with Gasteiger partial charge in [0, 0.05) is 0 Å². The molecule has 2 rings (SSSR count). The maximum Gasteiger partial charge on any atom is 0.416 e. The fraction of sp³-hybridized carbons (Fsp3) is 0.111. The fourth-order valence-corrected chi connectivity index (χ4v) is 1.24. The number of nitrogens with zero attached hydrogens (tertiary/aromatic N) is 5. The molecule has 0 saturated carbocycles. The SMILES string of the molecule is N#Cc1nnnn1-c1cccc(C(F)(F)F)c1. The number of halogens is 3. The summed E-state index contributed by atoms with van der Waals surface area (Å²) in [6, 6.07) is 6.09. The van der Waals surface area contributed by atoms with Crippen molar-refractivity contribution in [3.63, 3.8) is 0 Å². The zero-order valence-electron chi connectivity index (χ0n) is 8.18. The van der Waals surface area contributed by atoms with Gasteiger partial charge in [0.1, 0.15) is 6.07 Å². The molecule has 0 saturated heterocycles. The Morgan fingerprint density at radius 3 is 2.71 bits per heavy atom. The molecule has 0 amide bonds. The molecule has 2 aromatic rings. The minimum absolute atomic E-state index is 0.0846. The van der Waals surface area contributed by atoms with Gasteiger partial charge in [-0.3, -0.25) is 0 Å². The van der Waals surface area contributed by atoms with Crippen LogP contribution < -0.4 is 0 Å². The van der Waals surface area contributed by atoms with Gasteiger partial charge in [-0.25, -0.2) is 0 Å². The van der Waals surface area contributed by atoms with Gasteiger partial charge in [0.25, 0.3) is 5.82 Å². The quantitative estimate of drug-likeness (QED) is 0.757. The van der Waals surface area contributed by atoms with Crippen LogP contribution in [-0.4, -0.2) is 20.2 Å². The van der Waals surface area contributed by atoms with Gasteiger partial charge >= 0.3 is 6.18 Å². The largest absolute Gasteiger partial charge is 0.416 e. The molecule has 0 radical (unpaired) electrons. The minimum atomic E-state index is -4.45. The Morgan fingerprint density at radius 1 is 1.29 bits per heavy atom. The molecule has 86 valence electrons. The van der Waals surface area contributed by atoms with Gasteiger partial charge in [-0.1, -0.05) is 11.2 Å². The predicted molar refractivity (Wildman–Crippen MR) is 48.9 cm³/mol. The molecule has 0 aliphatic heterocycles. The van der Waals surface area contributed by atoms with Crippen LogP contribution in [-0.2, 0) is 6.18 Å². The number of benzene rings is 1. The lowest BCUT2D eigenvalue weighted by molar-refractivity contribution is -0.137. The molecule has 0 N–H and O–H groups in total. The van der Waals surface area contributed by atoms with E-state index in [4.69, 9.17) is 5.26 Å². The standard InChI is InChI=1S/C9H4F3N5/c10-9(11,12)6-2-1-3-7(4-6)17-8(5-13)14-15-16-17/h1-4H. The Kier molecular flexibility index (Phi) is 2.51. The Morgan fingerprint density at radius 2 is 2.06 bits per heavy atom. The maximum absolute atomic E-state index is 12.5. The van der Waals surface area contributed by atoms with Crippen LogP contribution in [0.3, 0.4) is 0 Å². The number of nitriles is 1. The normalized spacial score (nSPS) is 11.2. The third-order valence-corrected chi connectivity index (χ3v) is 1.99. The summed E-state index contributed by atoms with van der Waals surface area (Å²) in [6.45, 7) is 0. The summed E-state index contributed by atoms with van der Waals surface area (Å²) in [6.07, 6.45) is -4.45. The molecule has 1 aromatic carbocycles. The van der Waals surface area contributed by atoms with Crippen LogP contribution in [0.25, 0.3) is 5.69 Å². The molecular weight excluding hydrogens is 235 g/mol. The van der Waals surface area contributed by atoms with Gasteiger partial charge in [-0.05, 0) is 28.6 Å². The molecule has 1 aromatic heterocycles. The molecule has 0 aliphatic rings. The van der Waals surface area contributed by atoms with Gasteiger partial charge in [0.2, 0.25) is 0 Å². The highest BCUT2D eigenvalue weighted by atomic mass is 19.4. The van der Waals surface area contributed by atoms with E-state index in [-0.39, 0.29) is 11.5 Å². The van der Waals surface area contributed by atoms with Crippen molar-refractivity contribution in [2.45, 2.75) is 6.18 Å². The summed E-state index contributed by atoms with van der Waals surface area (Å²) in [5.74, 6) is -0.177. The molecule has 0 unspecified atom stereocenters. The average Bonchev–Trinajstić information content (AvgIpc) is 2.76. The van der Waals surface area contributed by atoms with Crippen molar-refractivity contribution < 1.29 is 13.2 Å². The van der Waals surface area contributed by atoms with Crippen molar-refractivity contribution in [3.05, 3.63) is 35.7 Å². The van der Waals surface area contributed by atoms with Gasteiger partial charge in [0.15, 0.2) is 0 Å². The van der Waals surface area contributed by atoms with Crippen molar-refractivity contribution in [2.75, 3.05) is 0 Å². The van der Waals surface area contributed by atoms with Crippen LogP contribution in [0.15, 0.2) is 24.3 Å². The third kappa shape index (κ3) is 2.08. The van der Waals surface area contributed by atoms with E-state index in [1.807, 2.05) is 0 Å². The fourth-order valence-electron chi connectivity index (χ4n) is 1.24. The van der Waals surface area contributed by atoms with E-state index in [1.54, 1.807) is 6.07 Å². The molecular formula is C9H4F3N5. The third-order valence-electron chi connectivity index (χ3n) is 1.99. The second-order valence-corrected chi connectivity index (χ2v) is 3.07. The first-order valence-electron chi connectivity index (χ1n) is 4.38. The second-order valence-electron chi connectivity index (χ2n) is 3.07. The first-order valence-corrected chi connectivity index (χ1v) is 4.38. The van der Waals surface area contributed by atoms with Gasteiger partial charge < -0.3 is 0 Å². The topological polar surface area (TPSA) is 67.4 Å². The Bertz CT molecular complexity index is 581. The van der Waals surface area contributed by atoms with Gasteiger partial charge in [-0.2, -0.15) is 23.1 Å². The van der Waals surface area contributed by atoms with Crippen LogP contribution >= 0.6 is 0 Å². The van der Waals surface area contributed by atoms with Crippen molar-refractivity contribution in [2.24, 2.45) is 0 Å². The Balaban J connectivity index is 2.52. The first-order chi connectivity index (χ1) is 8.02. The molecule has 1 heterocycles. The van der Waals surface area contributed by atoms with Crippen LogP contribution in [0.1, 0.15) is 11.4 Å². The Labute approximate surface area is 93.1 Å². The summed E-state index contributed by atoms with van der Waals surface area (Å²) in [7, 11) is 0. The number of alkyl halides is 3. The van der Waals surface area contributed by atoms with Crippen molar-refractivity contribution in [3.8, 4) is 11.8 Å². The predicted octanol–water partition coefficient (Wildman–Crippen LogP) is 1.55. The number of hydrogen-bond acceptors (Lipinski definition) is 4. The number of aromatic nitrogens is 4. The molecule has 0 atom stereocenters. The molecule has 0 aliphatic carbocycles. The van der Waals surface area contributed by atoms with Crippen molar-refractivity contribution in [1.29, 1.82) is 5.26 Å². The lowest BCUT2D eigenvalue weighted by atomic mass is 10.2. The number of hydrogen-bond donors (Lipinski definition) is 0. The summed E-state index contributed by atoms with van der Waals surface area (Å²) in [5, 5.41) is 18.7. The van der Waals surface area contributed by atoms with Crippen molar-refractivity contribution >= 4 is 0 Å². The van der Waals surface area contributed by atoms with E-state index in [2.05, 4.69) is 15.5 Å². The average molecular weight is 239 g/mol. The van der Waals surface area contributed by atoms with Gasteiger partial charge in [0.05, 0.1) is 11.3 Å². The van der Waals surface area contributed by atoms with Crippen LogP contribution in [0.2, 0.25) is 0 Å². The summed E-state index contributed by atoms with van der Waals surface area (Å²) >= 11 is 0. The lowest BCUT2D eigenvalue weighted by Crippen LogP contribution is -2.07. The summed E-state index contributed by atoms with van der Waals surface area (Å²) in [5.41, 5.74) is -0.740. The zero-order chi connectivity index (χ0) is 12.5. The Hall–Kier alpha value is -2.43. The minimum Gasteiger partial charge on any atom is -0.189 e. The first kappa shape index (κ1) is 11.1. The van der Waals surface area contributed by atoms with E-state index < -0.39 is 11.7 Å². The highest BCUT2D eigenvalue weighted by molar-refractivity contribution is 5.38. The monoisotopic (exact) mass is 239 g/mol. The highest BCUT2D eigenvalue weighted by Crippen LogP contribution is 2.30. The highest BCUT2D eigenvalue weighted by Gasteiger charge is 2.30. The van der Waals surface area contributed by atoms with Crippen LogP contribution in [0.4, 0.5) is 13.2 Å². The number of tetrazole rings is 1. The summed E-state index contributed by atoms with van der Waals surface area (Å²) < 4.78 is 38.3. The van der Waals surface area contributed by atoms with E-state index >= 15 is 0 Å². The maximum atomic E-state index is 12.5. The van der Waals surface area contributed by atoms with E-state index in [1.165, 1.54) is 12.1 Å². The van der Waals surface area contributed by atoms with Crippen LogP contribution in [0.5, 0.6) is 0 Å². The van der Waals surface area contributed by atoms with Gasteiger partial charge in [-0.15, -0.1) is 0 Å². The smallest absolute Gasteiger partial charge is 0.189 e. The molecule has 17 heavy (non-hydrogen) atoms. The molecule has 5 nitrogen and oxygen atoms in total. The van der Waals surface area contributed by atoms with Crippen molar-refractivity contribution in [1.82, 2.24) is 20.2 Å². The number of rotatable bonds is 1. The van der Waals surface area contributed by atoms with E-state index in [9.17, 15) is 13.2 Å². The molecule has 0 fully saturated rings.